The van der Waals surface area contributed by atoms with Gasteiger partial charge in [-0.15, -0.1) is 0 Å². The van der Waals surface area contributed by atoms with Gasteiger partial charge in [0.2, 0.25) is 0 Å². The summed E-state index contributed by atoms with van der Waals surface area (Å²) in [6.45, 7) is 1.72. The van der Waals surface area contributed by atoms with Gasteiger partial charge in [-0.25, -0.2) is 10.1 Å². The number of nitrogens with zero attached hydrogens (tertiary/aromatic N) is 2. The van der Waals surface area contributed by atoms with Gasteiger partial charge in [-0.2, -0.15) is 5.10 Å². The average Bonchev–Trinajstić information content (AvgIpc) is 3.34. The molecule has 0 aliphatic carbocycles. The molecule has 0 fully saturated rings. The van der Waals surface area contributed by atoms with E-state index >= 15 is 0 Å². The molecule has 5 rings (SSSR count). The molecule has 1 heterocycles. The summed E-state index contributed by atoms with van der Waals surface area (Å²) in [6.07, 6.45) is 0. The molecule has 1 amide bonds. The van der Waals surface area contributed by atoms with Crippen LogP contribution in [-0.4, -0.2) is 28.5 Å². The molecule has 0 unspecified atom stereocenters. The molecule has 4 aromatic carbocycles. The number of benzene rings is 4. The van der Waals surface area contributed by atoms with Crippen LogP contribution in [0.3, 0.4) is 0 Å². The number of methoxy groups -OCH3 is 1. The maximum atomic E-state index is 13.7. The molecule has 7 nitrogen and oxygen atoms in total. The summed E-state index contributed by atoms with van der Waals surface area (Å²) in [5.41, 5.74) is 6.97. The predicted octanol–water partition coefficient (Wildman–Crippen LogP) is 5.51. The number of aromatic nitrogens is 2. The van der Waals surface area contributed by atoms with Crippen LogP contribution in [0.25, 0.3) is 16.9 Å². The van der Waals surface area contributed by atoms with Gasteiger partial charge in [0.05, 0.1) is 35.7 Å². The first-order valence-electron chi connectivity index (χ1n) is 12.6. The molecule has 2 N–H and O–H groups in total. The summed E-state index contributed by atoms with van der Waals surface area (Å²) < 4.78 is 6.72. The molecule has 5 aromatic rings. The van der Waals surface area contributed by atoms with E-state index in [1.54, 1.807) is 38.3 Å². The van der Waals surface area contributed by atoms with Gasteiger partial charge >= 0.3 is 0 Å². The second kappa shape index (κ2) is 11.5. The standard InChI is InChI=1S/C32H28N4O3/c1-22(33-34-31(37)29(23-12-6-3-7-13-23)24-14-8-4-9-15-24)28-30(25-16-10-5-11-17-25)35-36(32(28)38)26-18-20-27(39-2)21-19-26/h3-21,29,35H,1-2H3,(H,34,37)/b33-22+. The fraction of sp³-hybridized carbons (Fsp3) is 0.0938. The van der Waals surface area contributed by atoms with Crippen molar-refractivity contribution in [2.24, 2.45) is 5.10 Å². The van der Waals surface area contributed by atoms with Crippen molar-refractivity contribution < 1.29 is 9.53 Å². The number of aromatic amines is 1. The molecular weight excluding hydrogens is 488 g/mol. The molecule has 194 valence electrons. The van der Waals surface area contributed by atoms with Crippen molar-refractivity contribution in [1.29, 1.82) is 0 Å². The predicted molar refractivity (Wildman–Crippen MR) is 153 cm³/mol. The molecule has 39 heavy (non-hydrogen) atoms. The van der Waals surface area contributed by atoms with Crippen LogP contribution in [0.4, 0.5) is 0 Å². The highest BCUT2D eigenvalue weighted by atomic mass is 16.5. The Kier molecular flexibility index (Phi) is 7.50. The van der Waals surface area contributed by atoms with Gasteiger partial charge in [-0.1, -0.05) is 91.0 Å². The van der Waals surface area contributed by atoms with Crippen LogP contribution in [0, 0.1) is 0 Å². The molecule has 0 radical (unpaired) electrons. The van der Waals surface area contributed by atoms with E-state index in [4.69, 9.17) is 4.74 Å². The SMILES string of the molecule is COc1ccc(-n2[nH]c(-c3ccccc3)c(/C(C)=N/NC(=O)C(c3ccccc3)c3ccccc3)c2=O)cc1. The van der Waals surface area contributed by atoms with Crippen molar-refractivity contribution in [3.63, 3.8) is 0 Å². The lowest BCUT2D eigenvalue weighted by molar-refractivity contribution is -0.121. The number of H-pyrrole nitrogens is 1. The lowest BCUT2D eigenvalue weighted by Gasteiger charge is -2.16. The number of hydrazone groups is 1. The van der Waals surface area contributed by atoms with E-state index in [-0.39, 0.29) is 11.5 Å². The van der Waals surface area contributed by atoms with Crippen LogP contribution in [0.1, 0.15) is 29.5 Å². The van der Waals surface area contributed by atoms with Crippen molar-refractivity contribution in [2.45, 2.75) is 12.8 Å². The Hall–Kier alpha value is -5.17. The molecule has 7 heteroatoms. The van der Waals surface area contributed by atoms with Crippen molar-refractivity contribution in [2.75, 3.05) is 7.11 Å². The molecule has 1 aromatic heterocycles. The zero-order valence-corrected chi connectivity index (χ0v) is 21.7. The van der Waals surface area contributed by atoms with Crippen LogP contribution < -0.4 is 15.7 Å². The summed E-state index contributed by atoms with van der Waals surface area (Å²) in [6, 6.07) is 35.8. The number of hydrogen-bond acceptors (Lipinski definition) is 4. The smallest absolute Gasteiger partial charge is 0.281 e. The lowest BCUT2D eigenvalue weighted by Crippen LogP contribution is -2.28. The van der Waals surface area contributed by atoms with E-state index in [1.165, 1.54) is 4.68 Å². The van der Waals surface area contributed by atoms with E-state index in [2.05, 4.69) is 15.6 Å². The second-order valence-electron chi connectivity index (χ2n) is 8.99. The molecule has 0 saturated carbocycles. The molecule has 0 atom stereocenters. The van der Waals surface area contributed by atoms with Gasteiger partial charge in [-0.05, 0) is 42.3 Å². The Morgan fingerprint density at radius 3 is 1.90 bits per heavy atom. The van der Waals surface area contributed by atoms with Crippen molar-refractivity contribution >= 4 is 11.6 Å². The molecule has 0 bridgehead atoms. The number of ether oxygens (including phenoxy) is 1. The minimum atomic E-state index is -0.556. The normalized spacial score (nSPS) is 11.4. The number of amides is 1. The Labute approximate surface area is 226 Å². The summed E-state index contributed by atoms with van der Waals surface area (Å²) >= 11 is 0. The van der Waals surface area contributed by atoms with Crippen molar-refractivity contribution in [1.82, 2.24) is 15.2 Å². The first kappa shape index (κ1) is 25.5. The summed E-state index contributed by atoms with van der Waals surface area (Å²) in [5, 5.41) is 7.64. The molecule has 0 aliphatic rings. The fourth-order valence-electron chi connectivity index (χ4n) is 4.55. The first-order chi connectivity index (χ1) is 19.1. The van der Waals surface area contributed by atoms with Gasteiger partial charge in [0, 0.05) is 5.56 Å². The second-order valence-corrected chi connectivity index (χ2v) is 8.99. The van der Waals surface area contributed by atoms with Crippen molar-refractivity contribution in [3.05, 3.63) is 142 Å². The van der Waals surface area contributed by atoms with E-state index in [0.717, 1.165) is 16.7 Å². The van der Waals surface area contributed by atoms with Gasteiger partial charge < -0.3 is 4.74 Å². The summed E-state index contributed by atoms with van der Waals surface area (Å²) in [4.78, 5) is 27.2. The number of carbonyl (C=O) groups is 1. The number of carbonyl (C=O) groups excluding carboxylic acids is 1. The zero-order chi connectivity index (χ0) is 27.2. The van der Waals surface area contributed by atoms with E-state index in [9.17, 15) is 9.59 Å². The maximum Gasteiger partial charge on any atom is 0.281 e. The van der Waals surface area contributed by atoms with E-state index in [1.807, 2.05) is 91.0 Å². The molecular formula is C32H28N4O3. The average molecular weight is 517 g/mol. The third kappa shape index (κ3) is 5.43. The third-order valence-corrected chi connectivity index (χ3v) is 6.51. The highest BCUT2D eigenvalue weighted by molar-refractivity contribution is 6.04. The Balaban J connectivity index is 1.53. The Morgan fingerprint density at radius 1 is 0.821 bits per heavy atom. The van der Waals surface area contributed by atoms with E-state index in [0.29, 0.717) is 28.4 Å². The van der Waals surface area contributed by atoms with Gasteiger partial charge in [0.15, 0.2) is 0 Å². The van der Waals surface area contributed by atoms with E-state index < -0.39 is 5.92 Å². The van der Waals surface area contributed by atoms with Gasteiger partial charge in [-0.3, -0.25) is 14.7 Å². The first-order valence-corrected chi connectivity index (χ1v) is 12.6. The minimum Gasteiger partial charge on any atom is -0.497 e. The van der Waals surface area contributed by atoms with Crippen LogP contribution >= 0.6 is 0 Å². The van der Waals surface area contributed by atoms with Crippen LogP contribution in [-0.2, 0) is 4.79 Å². The topological polar surface area (TPSA) is 88.5 Å². The summed E-state index contributed by atoms with van der Waals surface area (Å²) in [7, 11) is 1.59. The Morgan fingerprint density at radius 2 is 1.36 bits per heavy atom. The van der Waals surface area contributed by atoms with Gasteiger partial charge in [0.1, 0.15) is 5.75 Å². The Bertz CT molecular complexity index is 1600. The quantitative estimate of drug-likeness (QED) is 0.210. The third-order valence-electron chi connectivity index (χ3n) is 6.51. The number of hydrogen-bond donors (Lipinski definition) is 2. The largest absolute Gasteiger partial charge is 0.497 e. The van der Waals surface area contributed by atoms with Crippen molar-refractivity contribution in [3.8, 4) is 22.7 Å². The fourth-order valence-corrected chi connectivity index (χ4v) is 4.55. The molecule has 0 spiro atoms. The highest BCUT2D eigenvalue weighted by Gasteiger charge is 2.24. The molecule has 0 saturated heterocycles. The molecule has 0 aliphatic heterocycles. The number of rotatable bonds is 8. The lowest BCUT2D eigenvalue weighted by atomic mass is 9.91. The minimum absolute atomic E-state index is 0.280. The number of nitrogens with one attached hydrogen (secondary N) is 2. The van der Waals surface area contributed by atoms with Crippen LogP contribution in [0.15, 0.2) is 125 Å². The van der Waals surface area contributed by atoms with Crippen LogP contribution in [0.2, 0.25) is 0 Å². The maximum absolute atomic E-state index is 13.7. The zero-order valence-electron chi connectivity index (χ0n) is 21.7. The highest BCUT2D eigenvalue weighted by Crippen LogP contribution is 2.25. The monoisotopic (exact) mass is 516 g/mol. The summed E-state index contributed by atoms with van der Waals surface area (Å²) in [5.74, 6) is -0.160. The van der Waals surface area contributed by atoms with Gasteiger partial charge in [0.25, 0.3) is 11.5 Å². The van der Waals surface area contributed by atoms with Crippen LogP contribution in [0.5, 0.6) is 5.75 Å².